The molecule has 5 heteroatoms. The van der Waals surface area contributed by atoms with Crippen LogP contribution in [0.5, 0.6) is 0 Å². The van der Waals surface area contributed by atoms with Gasteiger partial charge in [-0.1, -0.05) is 36.7 Å². The van der Waals surface area contributed by atoms with Crippen molar-refractivity contribution < 1.29 is 4.79 Å². The van der Waals surface area contributed by atoms with Crippen LogP contribution in [0.3, 0.4) is 0 Å². The zero-order valence-corrected chi connectivity index (χ0v) is 14.9. The summed E-state index contributed by atoms with van der Waals surface area (Å²) in [7, 11) is 0. The minimum atomic E-state index is 0.0342. The predicted octanol–water partition coefficient (Wildman–Crippen LogP) is 4.33. The van der Waals surface area contributed by atoms with Crippen molar-refractivity contribution in [2.45, 2.75) is 19.8 Å². The molecule has 1 atom stereocenters. The van der Waals surface area contributed by atoms with E-state index in [2.05, 4.69) is 30.0 Å². The minimum absolute atomic E-state index is 0.0342. The third-order valence-corrected chi connectivity index (χ3v) is 5.03. The molecule has 2 aliphatic rings. The molecule has 1 amide bonds. The van der Waals surface area contributed by atoms with Crippen molar-refractivity contribution in [3.8, 4) is 0 Å². The normalized spacial score (nSPS) is 19.4. The van der Waals surface area contributed by atoms with Gasteiger partial charge in [-0.15, -0.1) is 0 Å². The van der Waals surface area contributed by atoms with E-state index in [9.17, 15) is 4.79 Å². The zero-order chi connectivity index (χ0) is 17.4. The predicted molar refractivity (Wildman–Crippen MR) is 103 cm³/mol. The summed E-state index contributed by atoms with van der Waals surface area (Å²) in [6.45, 7) is 4.03. The number of fused-ring (bicyclic) bond motifs is 3. The summed E-state index contributed by atoms with van der Waals surface area (Å²) < 4.78 is 0. The number of carbonyl (C=O) groups excluding carboxylic acids is 1. The van der Waals surface area contributed by atoms with Crippen LogP contribution in [-0.4, -0.2) is 24.7 Å². The van der Waals surface area contributed by atoms with Crippen LogP contribution in [0.2, 0.25) is 5.02 Å². The molecule has 25 heavy (non-hydrogen) atoms. The van der Waals surface area contributed by atoms with E-state index >= 15 is 0 Å². The van der Waals surface area contributed by atoms with Gasteiger partial charge in [0.2, 0.25) is 5.91 Å². The Morgan fingerprint density at radius 1 is 1.16 bits per heavy atom. The van der Waals surface area contributed by atoms with Gasteiger partial charge in [-0.2, -0.15) is 5.10 Å². The molecular weight excluding hydrogens is 334 g/mol. The average Bonchev–Trinajstić information content (AvgIpc) is 2.62. The van der Waals surface area contributed by atoms with Crippen molar-refractivity contribution in [1.29, 1.82) is 0 Å². The van der Waals surface area contributed by atoms with Gasteiger partial charge in [0, 0.05) is 41.7 Å². The molecule has 128 valence electrons. The van der Waals surface area contributed by atoms with Crippen molar-refractivity contribution >= 4 is 34.6 Å². The van der Waals surface area contributed by atoms with E-state index in [0.29, 0.717) is 11.4 Å². The number of benzene rings is 2. The number of carbonyl (C=O) groups is 1. The van der Waals surface area contributed by atoms with Crippen LogP contribution in [-0.2, 0) is 4.79 Å². The SMILES string of the molecule is CCCN1CC2CC(=O)N(c3ccc(Cl)cc3)N=C2c2ccccc21. The third-order valence-electron chi connectivity index (χ3n) is 4.78. The van der Waals surface area contributed by atoms with Crippen LogP contribution >= 0.6 is 11.6 Å². The number of anilines is 2. The molecule has 0 aromatic heterocycles. The van der Waals surface area contributed by atoms with Crippen molar-refractivity contribution in [3.05, 3.63) is 59.1 Å². The Morgan fingerprint density at radius 3 is 2.68 bits per heavy atom. The van der Waals surface area contributed by atoms with Gasteiger partial charge in [0.1, 0.15) is 0 Å². The first-order valence-corrected chi connectivity index (χ1v) is 9.06. The van der Waals surface area contributed by atoms with Gasteiger partial charge in [-0.25, -0.2) is 5.01 Å². The van der Waals surface area contributed by atoms with E-state index in [1.165, 1.54) is 10.7 Å². The fourth-order valence-corrected chi connectivity index (χ4v) is 3.79. The monoisotopic (exact) mass is 353 g/mol. The van der Waals surface area contributed by atoms with E-state index in [1.54, 1.807) is 12.1 Å². The molecule has 0 saturated carbocycles. The van der Waals surface area contributed by atoms with E-state index in [0.717, 1.165) is 36.5 Å². The number of hydrazone groups is 1. The second-order valence-corrected chi connectivity index (χ2v) is 6.97. The summed E-state index contributed by atoms with van der Waals surface area (Å²) in [6.07, 6.45) is 1.56. The lowest BCUT2D eigenvalue weighted by Gasteiger charge is -2.39. The van der Waals surface area contributed by atoms with Crippen molar-refractivity contribution in [1.82, 2.24) is 0 Å². The molecular formula is C20H20ClN3O. The molecule has 4 nitrogen and oxygen atoms in total. The minimum Gasteiger partial charge on any atom is -0.370 e. The number of rotatable bonds is 3. The van der Waals surface area contributed by atoms with Gasteiger partial charge >= 0.3 is 0 Å². The summed E-state index contributed by atoms with van der Waals surface area (Å²) in [6, 6.07) is 15.6. The van der Waals surface area contributed by atoms with Crippen molar-refractivity contribution in [2.24, 2.45) is 11.0 Å². The van der Waals surface area contributed by atoms with Gasteiger partial charge in [-0.05, 0) is 36.8 Å². The Bertz CT molecular complexity index is 831. The standard InChI is InChI=1S/C20H20ClN3O/c1-2-11-23-13-14-12-19(25)24(16-9-7-15(21)8-10-16)22-20(14)17-5-3-4-6-18(17)23/h3-10,14H,2,11-13H2,1H3. The van der Waals surface area contributed by atoms with E-state index in [4.69, 9.17) is 16.7 Å². The topological polar surface area (TPSA) is 35.9 Å². The molecule has 0 aliphatic carbocycles. The maximum Gasteiger partial charge on any atom is 0.248 e. The van der Waals surface area contributed by atoms with Crippen LogP contribution < -0.4 is 9.91 Å². The fraction of sp³-hybridized carbons (Fsp3) is 0.300. The molecule has 0 fully saturated rings. The maximum atomic E-state index is 12.7. The summed E-state index contributed by atoms with van der Waals surface area (Å²) in [4.78, 5) is 15.1. The highest BCUT2D eigenvalue weighted by Crippen LogP contribution is 2.35. The molecule has 2 aromatic rings. The Hall–Kier alpha value is -2.33. The second kappa shape index (κ2) is 6.52. The number of halogens is 1. The zero-order valence-electron chi connectivity index (χ0n) is 14.2. The molecule has 0 bridgehead atoms. The summed E-state index contributed by atoms with van der Waals surface area (Å²) in [5.74, 6) is 0.185. The highest BCUT2D eigenvalue weighted by Gasteiger charge is 2.36. The van der Waals surface area contributed by atoms with Crippen LogP contribution in [0.4, 0.5) is 11.4 Å². The first kappa shape index (κ1) is 16.2. The Morgan fingerprint density at radius 2 is 1.92 bits per heavy atom. The van der Waals surface area contributed by atoms with E-state index in [-0.39, 0.29) is 11.8 Å². The lowest BCUT2D eigenvalue weighted by atomic mass is 9.86. The fourth-order valence-electron chi connectivity index (χ4n) is 3.66. The molecule has 2 aromatic carbocycles. The van der Waals surface area contributed by atoms with E-state index < -0.39 is 0 Å². The summed E-state index contributed by atoms with van der Waals surface area (Å²) in [5, 5.41) is 6.92. The number of amides is 1. The van der Waals surface area contributed by atoms with Gasteiger partial charge in [-0.3, -0.25) is 4.79 Å². The number of hydrogen-bond acceptors (Lipinski definition) is 3. The molecule has 0 radical (unpaired) electrons. The first-order valence-electron chi connectivity index (χ1n) is 8.68. The molecule has 4 rings (SSSR count). The molecule has 0 spiro atoms. The largest absolute Gasteiger partial charge is 0.370 e. The molecule has 2 heterocycles. The highest BCUT2D eigenvalue weighted by molar-refractivity contribution is 6.30. The third kappa shape index (κ3) is 2.91. The Labute approximate surface area is 152 Å². The van der Waals surface area contributed by atoms with Crippen molar-refractivity contribution in [2.75, 3.05) is 23.0 Å². The van der Waals surface area contributed by atoms with Crippen molar-refractivity contribution in [3.63, 3.8) is 0 Å². The van der Waals surface area contributed by atoms with Crippen LogP contribution in [0.25, 0.3) is 0 Å². The van der Waals surface area contributed by atoms with Gasteiger partial charge in [0.15, 0.2) is 0 Å². The van der Waals surface area contributed by atoms with Crippen LogP contribution in [0, 0.1) is 5.92 Å². The highest BCUT2D eigenvalue weighted by atomic mass is 35.5. The summed E-state index contributed by atoms with van der Waals surface area (Å²) >= 11 is 5.97. The number of hydrogen-bond donors (Lipinski definition) is 0. The van der Waals surface area contributed by atoms with Crippen LogP contribution in [0.15, 0.2) is 53.6 Å². The number of para-hydroxylation sites is 1. The summed E-state index contributed by atoms with van der Waals surface area (Å²) in [5.41, 5.74) is 4.12. The number of nitrogens with zero attached hydrogens (tertiary/aromatic N) is 3. The van der Waals surface area contributed by atoms with E-state index in [1.807, 2.05) is 18.2 Å². The molecule has 1 unspecified atom stereocenters. The average molecular weight is 354 g/mol. The molecule has 0 N–H and O–H groups in total. The maximum absolute atomic E-state index is 12.7. The Kier molecular flexibility index (Phi) is 4.22. The Balaban J connectivity index is 1.78. The van der Waals surface area contributed by atoms with Gasteiger partial charge < -0.3 is 4.90 Å². The van der Waals surface area contributed by atoms with Gasteiger partial charge in [0.05, 0.1) is 11.4 Å². The van der Waals surface area contributed by atoms with Gasteiger partial charge in [0.25, 0.3) is 0 Å². The molecule has 2 aliphatic heterocycles. The first-order chi connectivity index (χ1) is 12.2. The second-order valence-electron chi connectivity index (χ2n) is 6.53. The smallest absolute Gasteiger partial charge is 0.248 e. The lowest BCUT2D eigenvalue weighted by Crippen LogP contribution is -2.46. The molecule has 0 saturated heterocycles. The quantitative estimate of drug-likeness (QED) is 0.823. The van der Waals surface area contributed by atoms with Crippen LogP contribution in [0.1, 0.15) is 25.3 Å². The lowest BCUT2D eigenvalue weighted by molar-refractivity contribution is -0.119.